The summed E-state index contributed by atoms with van der Waals surface area (Å²) in [4.78, 5) is 11.4. The van der Waals surface area contributed by atoms with Crippen LogP contribution in [0.4, 0.5) is 0 Å². The van der Waals surface area contributed by atoms with E-state index < -0.39 is 0 Å². The van der Waals surface area contributed by atoms with E-state index in [-0.39, 0.29) is 24.0 Å². The van der Waals surface area contributed by atoms with Crippen molar-refractivity contribution in [3.05, 3.63) is 29.6 Å². The van der Waals surface area contributed by atoms with E-state index in [0.717, 1.165) is 64.6 Å². The van der Waals surface area contributed by atoms with Crippen LogP contribution in [0.15, 0.2) is 23.5 Å². The average molecular weight is 503 g/mol. The molecule has 2 heterocycles. The summed E-state index contributed by atoms with van der Waals surface area (Å²) in [5, 5.41) is 7.00. The summed E-state index contributed by atoms with van der Waals surface area (Å²) in [5.41, 5.74) is 2.56. The van der Waals surface area contributed by atoms with Crippen molar-refractivity contribution in [1.82, 2.24) is 20.5 Å². The maximum atomic E-state index is 5.67. The monoisotopic (exact) mass is 503 g/mol. The zero-order valence-electron chi connectivity index (χ0n) is 17.9. The van der Waals surface area contributed by atoms with Gasteiger partial charge in [0.25, 0.3) is 0 Å². The Kier molecular flexibility index (Phi) is 12.7. The Morgan fingerprint density at radius 1 is 1.36 bits per heavy atom. The fourth-order valence-electron chi connectivity index (χ4n) is 3.30. The summed E-state index contributed by atoms with van der Waals surface area (Å²) >= 11 is 0. The van der Waals surface area contributed by atoms with Crippen LogP contribution in [0.1, 0.15) is 44.7 Å². The maximum Gasteiger partial charge on any atom is 0.191 e. The van der Waals surface area contributed by atoms with Crippen molar-refractivity contribution in [3.63, 3.8) is 0 Å². The molecule has 0 bridgehead atoms. The number of rotatable bonds is 9. The van der Waals surface area contributed by atoms with Crippen LogP contribution in [0.5, 0.6) is 0 Å². The fraction of sp³-hybridized carbons (Fsp3) is 0.714. The maximum absolute atomic E-state index is 5.67. The van der Waals surface area contributed by atoms with E-state index in [1.54, 1.807) is 0 Å². The van der Waals surface area contributed by atoms with Gasteiger partial charge < -0.3 is 20.3 Å². The molecule has 0 atom stereocenters. The van der Waals surface area contributed by atoms with E-state index >= 15 is 0 Å². The van der Waals surface area contributed by atoms with Gasteiger partial charge in [-0.3, -0.25) is 9.98 Å². The number of pyridine rings is 1. The molecule has 160 valence electrons. The van der Waals surface area contributed by atoms with Crippen molar-refractivity contribution in [2.45, 2.75) is 59.1 Å². The number of halogens is 1. The molecular weight excluding hydrogens is 465 g/mol. The van der Waals surface area contributed by atoms with E-state index in [0.29, 0.717) is 12.1 Å². The highest BCUT2D eigenvalue weighted by molar-refractivity contribution is 14.0. The quantitative estimate of drug-likeness (QED) is 0.308. The molecule has 1 saturated heterocycles. The van der Waals surface area contributed by atoms with Gasteiger partial charge in [0.05, 0.1) is 12.7 Å². The van der Waals surface area contributed by atoms with Crippen molar-refractivity contribution in [2.24, 2.45) is 4.99 Å². The molecule has 0 unspecified atom stereocenters. The van der Waals surface area contributed by atoms with E-state index in [4.69, 9.17) is 9.73 Å². The topological polar surface area (TPSA) is 61.8 Å². The van der Waals surface area contributed by atoms with Gasteiger partial charge in [0.1, 0.15) is 0 Å². The minimum Gasteiger partial charge on any atom is -0.377 e. The fourth-order valence-corrected chi connectivity index (χ4v) is 3.30. The summed E-state index contributed by atoms with van der Waals surface area (Å²) in [6.07, 6.45) is 7.33. The van der Waals surface area contributed by atoms with E-state index in [1.807, 2.05) is 12.4 Å². The zero-order valence-corrected chi connectivity index (χ0v) is 20.2. The number of aryl methyl sites for hydroxylation is 1. The Labute approximate surface area is 187 Å². The number of hydrogen-bond acceptors (Lipinski definition) is 4. The molecule has 1 fully saturated rings. The van der Waals surface area contributed by atoms with E-state index in [9.17, 15) is 0 Å². The second-order valence-corrected chi connectivity index (χ2v) is 7.49. The van der Waals surface area contributed by atoms with Crippen LogP contribution in [0.2, 0.25) is 0 Å². The number of ether oxygens (including phenoxy) is 1. The normalized spacial score (nSPS) is 16.1. The van der Waals surface area contributed by atoms with Crippen molar-refractivity contribution in [3.8, 4) is 0 Å². The molecule has 0 aliphatic carbocycles. The summed E-state index contributed by atoms with van der Waals surface area (Å²) in [7, 11) is 0. The molecule has 0 aromatic carbocycles. The Hall–Kier alpha value is -0.930. The van der Waals surface area contributed by atoms with E-state index in [1.165, 1.54) is 11.1 Å². The highest BCUT2D eigenvalue weighted by atomic mass is 127. The summed E-state index contributed by atoms with van der Waals surface area (Å²) < 4.78 is 5.67. The van der Waals surface area contributed by atoms with Gasteiger partial charge in [0, 0.05) is 51.2 Å². The van der Waals surface area contributed by atoms with Crippen molar-refractivity contribution in [2.75, 3.05) is 39.3 Å². The highest BCUT2D eigenvalue weighted by Crippen LogP contribution is 2.10. The van der Waals surface area contributed by atoms with Crippen LogP contribution in [0, 0.1) is 6.92 Å². The Balaban J connectivity index is 0.00000392. The SMILES string of the molecule is CCNC(=NCCc1ccncc1C)NC1CCN(CCOC(C)C)CC1.I. The molecule has 1 aliphatic rings. The second-order valence-electron chi connectivity index (χ2n) is 7.49. The first-order valence-electron chi connectivity index (χ1n) is 10.4. The molecule has 0 amide bonds. The lowest BCUT2D eigenvalue weighted by Gasteiger charge is -2.33. The van der Waals surface area contributed by atoms with Gasteiger partial charge in [-0.25, -0.2) is 0 Å². The standard InChI is InChI=1S/C21H37N5O.HI/c1-5-23-21(24-11-7-19-6-10-22-16-18(19)4)25-20-8-12-26(13-9-20)14-15-27-17(2)3;/h6,10,16-17,20H,5,7-9,11-15H2,1-4H3,(H2,23,24,25);1H. The largest absolute Gasteiger partial charge is 0.377 e. The Morgan fingerprint density at radius 3 is 2.75 bits per heavy atom. The molecule has 28 heavy (non-hydrogen) atoms. The summed E-state index contributed by atoms with van der Waals surface area (Å²) in [6, 6.07) is 2.58. The van der Waals surface area contributed by atoms with Gasteiger partial charge in [-0.15, -0.1) is 24.0 Å². The van der Waals surface area contributed by atoms with Crippen LogP contribution in [-0.2, 0) is 11.2 Å². The lowest BCUT2D eigenvalue weighted by Crippen LogP contribution is -2.49. The second kappa shape index (κ2) is 14.1. The predicted molar refractivity (Wildman–Crippen MR) is 128 cm³/mol. The van der Waals surface area contributed by atoms with Gasteiger partial charge in [-0.1, -0.05) is 0 Å². The average Bonchev–Trinajstić information content (AvgIpc) is 2.64. The minimum atomic E-state index is 0. The molecule has 1 aromatic rings. The number of guanidine groups is 1. The highest BCUT2D eigenvalue weighted by Gasteiger charge is 2.19. The van der Waals surface area contributed by atoms with Crippen molar-refractivity contribution in [1.29, 1.82) is 0 Å². The molecule has 1 aromatic heterocycles. The van der Waals surface area contributed by atoms with Crippen LogP contribution in [-0.4, -0.2) is 67.3 Å². The molecule has 2 rings (SSSR count). The zero-order chi connectivity index (χ0) is 19.5. The molecule has 2 N–H and O–H groups in total. The van der Waals surface area contributed by atoms with Crippen molar-refractivity contribution >= 4 is 29.9 Å². The third kappa shape index (κ3) is 9.52. The lowest BCUT2D eigenvalue weighted by atomic mass is 10.1. The summed E-state index contributed by atoms with van der Waals surface area (Å²) in [6.45, 7) is 14.2. The molecule has 7 heteroatoms. The molecule has 0 spiro atoms. The van der Waals surface area contributed by atoms with Gasteiger partial charge in [-0.05, 0) is 64.2 Å². The number of hydrogen-bond donors (Lipinski definition) is 2. The number of aliphatic imine (C=N–C) groups is 1. The Bertz CT molecular complexity index is 574. The van der Waals surface area contributed by atoms with Crippen LogP contribution in [0.3, 0.4) is 0 Å². The third-order valence-electron chi connectivity index (χ3n) is 4.92. The van der Waals surface area contributed by atoms with Gasteiger partial charge in [0.2, 0.25) is 0 Å². The number of aromatic nitrogens is 1. The predicted octanol–water partition coefficient (Wildman–Crippen LogP) is 3.00. The van der Waals surface area contributed by atoms with E-state index in [2.05, 4.69) is 54.3 Å². The third-order valence-corrected chi connectivity index (χ3v) is 4.92. The molecule has 0 saturated carbocycles. The smallest absolute Gasteiger partial charge is 0.191 e. The summed E-state index contributed by atoms with van der Waals surface area (Å²) in [5.74, 6) is 0.936. The van der Waals surface area contributed by atoms with Crippen LogP contribution < -0.4 is 10.6 Å². The Morgan fingerprint density at radius 2 is 2.11 bits per heavy atom. The van der Waals surface area contributed by atoms with Gasteiger partial charge >= 0.3 is 0 Å². The van der Waals surface area contributed by atoms with Crippen molar-refractivity contribution < 1.29 is 4.74 Å². The number of piperidine rings is 1. The van der Waals surface area contributed by atoms with Gasteiger partial charge in [0.15, 0.2) is 5.96 Å². The molecule has 6 nitrogen and oxygen atoms in total. The van der Waals surface area contributed by atoms with Gasteiger partial charge in [-0.2, -0.15) is 0 Å². The van der Waals surface area contributed by atoms with Crippen LogP contribution >= 0.6 is 24.0 Å². The lowest BCUT2D eigenvalue weighted by molar-refractivity contribution is 0.0532. The first kappa shape index (κ1) is 25.1. The van der Waals surface area contributed by atoms with Crippen LogP contribution in [0.25, 0.3) is 0 Å². The minimum absolute atomic E-state index is 0. The molecular formula is C21H38IN5O. The number of nitrogens with one attached hydrogen (secondary N) is 2. The molecule has 0 radical (unpaired) electrons. The first-order chi connectivity index (χ1) is 13.1. The number of nitrogens with zero attached hydrogens (tertiary/aromatic N) is 3. The number of likely N-dealkylation sites (tertiary alicyclic amines) is 1. The molecule has 1 aliphatic heterocycles. The first-order valence-corrected chi connectivity index (χ1v) is 10.4.